The Morgan fingerprint density at radius 2 is 2.25 bits per heavy atom. The number of likely N-dealkylation sites (tertiary alicyclic amines) is 1. The number of rotatable bonds is 3. The van der Waals surface area contributed by atoms with Gasteiger partial charge in [0.15, 0.2) is 0 Å². The third kappa shape index (κ3) is 2.57. The van der Waals surface area contributed by atoms with Gasteiger partial charge in [-0.15, -0.1) is 0 Å². The van der Waals surface area contributed by atoms with Crippen LogP contribution in [0.25, 0.3) is 0 Å². The molecule has 2 rings (SSSR count). The van der Waals surface area contributed by atoms with Crippen LogP contribution in [0.15, 0.2) is 0 Å². The summed E-state index contributed by atoms with van der Waals surface area (Å²) < 4.78 is 0. The van der Waals surface area contributed by atoms with E-state index in [0.29, 0.717) is 17.9 Å². The molecule has 2 fully saturated rings. The molecule has 1 amide bonds. The molecule has 16 heavy (non-hydrogen) atoms. The summed E-state index contributed by atoms with van der Waals surface area (Å²) in [7, 11) is 0. The summed E-state index contributed by atoms with van der Waals surface area (Å²) in [5.41, 5.74) is 0. The van der Waals surface area contributed by atoms with Crippen LogP contribution < -0.4 is 5.32 Å². The van der Waals surface area contributed by atoms with Gasteiger partial charge in [-0.2, -0.15) is 0 Å². The molecule has 3 nitrogen and oxygen atoms in total. The molecule has 2 unspecified atom stereocenters. The third-order valence-electron chi connectivity index (χ3n) is 3.96. The molecule has 0 aromatic rings. The molecular weight excluding hydrogens is 200 g/mol. The Kier molecular flexibility index (Phi) is 4.22. The van der Waals surface area contributed by atoms with Crippen LogP contribution in [-0.4, -0.2) is 36.5 Å². The highest BCUT2D eigenvalue weighted by molar-refractivity contribution is 5.76. The molecule has 0 bridgehead atoms. The first-order valence-electron chi connectivity index (χ1n) is 6.83. The highest BCUT2D eigenvalue weighted by Crippen LogP contribution is 2.28. The number of carbonyl (C=O) groups excluding carboxylic acids is 1. The van der Waals surface area contributed by atoms with Crippen LogP contribution in [0.5, 0.6) is 0 Å². The highest BCUT2D eigenvalue weighted by Gasteiger charge is 2.34. The Hall–Kier alpha value is -0.570. The van der Waals surface area contributed by atoms with Crippen molar-refractivity contribution >= 4 is 5.91 Å². The molecule has 0 aromatic carbocycles. The van der Waals surface area contributed by atoms with E-state index in [9.17, 15) is 4.79 Å². The lowest BCUT2D eigenvalue weighted by molar-refractivity contribution is -0.133. The standard InChI is InChI=1S/C13H24N2O/c1-2-5-13(16)15-9-4-7-12(15)11-6-3-8-14-10-11/h11-12,14H,2-10H2,1H3. The van der Waals surface area contributed by atoms with Gasteiger partial charge in [-0.25, -0.2) is 0 Å². The van der Waals surface area contributed by atoms with Crippen molar-refractivity contribution in [1.29, 1.82) is 0 Å². The topological polar surface area (TPSA) is 32.3 Å². The van der Waals surface area contributed by atoms with E-state index in [-0.39, 0.29) is 0 Å². The first-order valence-corrected chi connectivity index (χ1v) is 6.83. The highest BCUT2D eigenvalue weighted by atomic mass is 16.2. The molecule has 92 valence electrons. The molecule has 0 saturated carbocycles. The number of piperidine rings is 1. The zero-order chi connectivity index (χ0) is 11.4. The van der Waals surface area contributed by atoms with E-state index in [4.69, 9.17) is 0 Å². The lowest BCUT2D eigenvalue weighted by atomic mass is 9.90. The van der Waals surface area contributed by atoms with E-state index in [1.807, 2.05) is 0 Å². The first-order chi connectivity index (χ1) is 7.83. The van der Waals surface area contributed by atoms with E-state index in [0.717, 1.165) is 32.5 Å². The van der Waals surface area contributed by atoms with E-state index in [2.05, 4.69) is 17.1 Å². The summed E-state index contributed by atoms with van der Waals surface area (Å²) >= 11 is 0. The van der Waals surface area contributed by atoms with Crippen molar-refractivity contribution in [2.75, 3.05) is 19.6 Å². The minimum absolute atomic E-state index is 0.385. The van der Waals surface area contributed by atoms with Gasteiger partial charge in [0.25, 0.3) is 0 Å². The number of amides is 1. The van der Waals surface area contributed by atoms with Crippen molar-refractivity contribution in [2.24, 2.45) is 5.92 Å². The number of hydrogen-bond donors (Lipinski definition) is 1. The van der Waals surface area contributed by atoms with Gasteiger partial charge < -0.3 is 10.2 Å². The molecule has 0 aromatic heterocycles. The summed E-state index contributed by atoms with van der Waals surface area (Å²) in [6.07, 6.45) is 6.71. The Balaban J connectivity index is 1.93. The summed E-state index contributed by atoms with van der Waals surface area (Å²) in [6, 6.07) is 0.534. The Morgan fingerprint density at radius 3 is 2.94 bits per heavy atom. The van der Waals surface area contributed by atoms with Gasteiger partial charge in [-0.05, 0) is 51.1 Å². The maximum absolute atomic E-state index is 12.0. The molecule has 2 saturated heterocycles. The van der Waals surface area contributed by atoms with Crippen molar-refractivity contribution in [3.63, 3.8) is 0 Å². The van der Waals surface area contributed by atoms with Gasteiger partial charge in [0, 0.05) is 19.0 Å². The largest absolute Gasteiger partial charge is 0.339 e. The molecular formula is C13H24N2O. The zero-order valence-electron chi connectivity index (χ0n) is 10.4. The Bertz CT molecular complexity index is 236. The second-order valence-corrected chi connectivity index (χ2v) is 5.15. The molecule has 1 N–H and O–H groups in total. The van der Waals surface area contributed by atoms with Crippen molar-refractivity contribution in [2.45, 2.75) is 51.5 Å². The predicted molar refractivity (Wildman–Crippen MR) is 65.2 cm³/mol. The summed E-state index contributed by atoms with van der Waals surface area (Å²) in [6.45, 7) is 5.36. The monoisotopic (exact) mass is 224 g/mol. The van der Waals surface area contributed by atoms with Crippen LogP contribution in [0, 0.1) is 5.92 Å². The van der Waals surface area contributed by atoms with E-state index in [1.54, 1.807) is 0 Å². The molecule has 3 heteroatoms. The zero-order valence-corrected chi connectivity index (χ0v) is 10.4. The lowest BCUT2D eigenvalue weighted by Gasteiger charge is -2.34. The number of nitrogens with zero attached hydrogens (tertiary/aromatic N) is 1. The smallest absolute Gasteiger partial charge is 0.222 e. The fraction of sp³-hybridized carbons (Fsp3) is 0.923. The SMILES string of the molecule is CCCC(=O)N1CCCC1C1CCCNC1. The Morgan fingerprint density at radius 1 is 1.38 bits per heavy atom. The van der Waals surface area contributed by atoms with Crippen molar-refractivity contribution < 1.29 is 4.79 Å². The average molecular weight is 224 g/mol. The number of carbonyl (C=O) groups is 1. The molecule has 2 aliphatic rings. The summed E-state index contributed by atoms with van der Waals surface area (Å²) in [5, 5.41) is 3.47. The van der Waals surface area contributed by atoms with Gasteiger partial charge in [0.2, 0.25) is 5.91 Å². The van der Waals surface area contributed by atoms with E-state index < -0.39 is 0 Å². The average Bonchev–Trinajstić information content (AvgIpc) is 2.79. The van der Waals surface area contributed by atoms with E-state index >= 15 is 0 Å². The fourth-order valence-corrected chi connectivity index (χ4v) is 3.16. The first kappa shape index (κ1) is 11.9. The van der Waals surface area contributed by atoms with Crippen molar-refractivity contribution in [3.8, 4) is 0 Å². The molecule has 0 aliphatic carbocycles. The van der Waals surface area contributed by atoms with Crippen molar-refractivity contribution in [3.05, 3.63) is 0 Å². The molecule has 0 radical (unpaired) electrons. The van der Waals surface area contributed by atoms with Gasteiger partial charge in [-0.3, -0.25) is 4.79 Å². The fourth-order valence-electron chi connectivity index (χ4n) is 3.16. The quantitative estimate of drug-likeness (QED) is 0.792. The third-order valence-corrected chi connectivity index (χ3v) is 3.96. The lowest BCUT2D eigenvalue weighted by Crippen LogP contribution is -2.45. The van der Waals surface area contributed by atoms with Crippen LogP contribution in [0.3, 0.4) is 0 Å². The van der Waals surface area contributed by atoms with Crippen LogP contribution in [0.2, 0.25) is 0 Å². The van der Waals surface area contributed by atoms with Crippen LogP contribution in [0.4, 0.5) is 0 Å². The summed E-state index contributed by atoms with van der Waals surface area (Å²) in [5.74, 6) is 1.09. The summed E-state index contributed by atoms with van der Waals surface area (Å²) in [4.78, 5) is 14.2. The second-order valence-electron chi connectivity index (χ2n) is 5.15. The van der Waals surface area contributed by atoms with E-state index in [1.165, 1.54) is 25.7 Å². The predicted octanol–water partition coefficient (Wildman–Crippen LogP) is 1.78. The van der Waals surface area contributed by atoms with Crippen molar-refractivity contribution in [1.82, 2.24) is 10.2 Å². The minimum Gasteiger partial charge on any atom is -0.339 e. The van der Waals surface area contributed by atoms with Gasteiger partial charge in [0.05, 0.1) is 0 Å². The normalized spacial score (nSPS) is 30.7. The minimum atomic E-state index is 0.385. The van der Waals surface area contributed by atoms with Gasteiger partial charge in [0.1, 0.15) is 0 Å². The van der Waals surface area contributed by atoms with Crippen LogP contribution in [-0.2, 0) is 4.79 Å². The maximum atomic E-state index is 12.0. The number of nitrogens with one attached hydrogen (secondary N) is 1. The van der Waals surface area contributed by atoms with Gasteiger partial charge in [-0.1, -0.05) is 6.92 Å². The Labute approximate surface area is 98.6 Å². The van der Waals surface area contributed by atoms with Crippen LogP contribution >= 0.6 is 0 Å². The number of hydrogen-bond acceptors (Lipinski definition) is 2. The molecule has 2 heterocycles. The van der Waals surface area contributed by atoms with Gasteiger partial charge >= 0.3 is 0 Å². The second kappa shape index (κ2) is 5.67. The molecule has 0 spiro atoms. The molecule has 2 atom stereocenters. The molecule has 2 aliphatic heterocycles. The van der Waals surface area contributed by atoms with Crippen LogP contribution in [0.1, 0.15) is 45.4 Å². The maximum Gasteiger partial charge on any atom is 0.222 e.